The number of oxazole rings is 1. The lowest BCUT2D eigenvalue weighted by Gasteiger charge is -2.08. The summed E-state index contributed by atoms with van der Waals surface area (Å²) in [5, 5.41) is 2.73. The van der Waals surface area contributed by atoms with E-state index in [1.807, 2.05) is 0 Å². The zero-order chi connectivity index (χ0) is 19.3. The predicted octanol–water partition coefficient (Wildman–Crippen LogP) is 4.32. The van der Waals surface area contributed by atoms with Crippen molar-refractivity contribution in [3.8, 4) is 23.3 Å². The van der Waals surface area contributed by atoms with Crippen LogP contribution in [0, 0.1) is 5.82 Å². The highest BCUT2D eigenvalue weighted by atomic mass is 19.1. The van der Waals surface area contributed by atoms with Crippen molar-refractivity contribution in [2.75, 3.05) is 5.32 Å². The molecule has 7 nitrogen and oxygen atoms in total. The molecule has 2 heterocycles. The van der Waals surface area contributed by atoms with Crippen molar-refractivity contribution in [3.05, 3.63) is 84.6 Å². The third-order valence-electron chi connectivity index (χ3n) is 3.69. The molecule has 0 fully saturated rings. The Morgan fingerprint density at radius 2 is 1.75 bits per heavy atom. The van der Waals surface area contributed by atoms with Crippen LogP contribution in [0.4, 0.5) is 10.1 Å². The lowest BCUT2D eigenvalue weighted by Crippen LogP contribution is -2.11. The molecule has 0 saturated heterocycles. The number of anilines is 1. The standard InChI is InChI=1S/C20H13FN4O3/c21-14-3-1-13(2-4-14)19(26)24-15-5-7-16(8-6-15)28-17-9-10-22-18(25-17)20-23-11-12-27-20/h1-12H,(H,24,26). The third kappa shape index (κ3) is 4.01. The maximum Gasteiger partial charge on any atom is 0.264 e. The summed E-state index contributed by atoms with van der Waals surface area (Å²) in [5.41, 5.74) is 0.937. The Morgan fingerprint density at radius 3 is 2.46 bits per heavy atom. The number of aromatic nitrogens is 3. The first-order valence-corrected chi connectivity index (χ1v) is 8.25. The number of halogens is 1. The van der Waals surface area contributed by atoms with Gasteiger partial charge in [-0.25, -0.2) is 14.4 Å². The van der Waals surface area contributed by atoms with Crippen LogP contribution in [0.1, 0.15) is 10.4 Å². The highest BCUT2D eigenvalue weighted by molar-refractivity contribution is 6.04. The number of carbonyl (C=O) groups is 1. The normalized spacial score (nSPS) is 10.5. The van der Waals surface area contributed by atoms with Crippen LogP contribution in [0.25, 0.3) is 11.7 Å². The third-order valence-corrected chi connectivity index (χ3v) is 3.69. The van der Waals surface area contributed by atoms with E-state index < -0.39 is 5.82 Å². The number of rotatable bonds is 5. The number of nitrogens with one attached hydrogen (secondary N) is 1. The number of carbonyl (C=O) groups excluding carboxylic acids is 1. The monoisotopic (exact) mass is 376 g/mol. The van der Waals surface area contributed by atoms with Gasteiger partial charge in [-0.1, -0.05) is 0 Å². The van der Waals surface area contributed by atoms with Crippen molar-refractivity contribution in [1.29, 1.82) is 0 Å². The maximum atomic E-state index is 12.9. The Hall–Kier alpha value is -4.07. The molecule has 138 valence electrons. The maximum absolute atomic E-state index is 12.9. The summed E-state index contributed by atoms with van der Waals surface area (Å²) in [7, 11) is 0. The van der Waals surface area contributed by atoms with Crippen molar-refractivity contribution in [1.82, 2.24) is 15.0 Å². The second-order valence-electron chi connectivity index (χ2n) is 5.64. The minimum Gasteiger partial charge on any atom is -0.442 e. The Balaban J connectivity index is 1.43. The minimum atomic E-state index is -0.395. The summed E-state index contributed by atoms with van der Waals surface area (Å²) >= 11 is 0. The number of nitrogens with zero attached hydrogens (tertiary/aromatic N) is 3. The summed E-state index contributed by atoms with van der Waals surface area (Å²) in [6, 6.07) is 13.7. The van der Waals surface area contributed by atoms with Crippen LogP contribution in [0.2, 0.25) is 0 Å². The average Bonchev–Trinajstić information content (AvgIpc) is 3.25. The van der Waals surface area contributed by atoms with Gasteiger partial charge in [0.2, 0.25) is 11.7 Å². The topological polar surface area (TPSA) is 90.1 Å². The van der Waals surface area contributed by atoms with E-state index >= 15 is 0 Å². The molecule has 0 radical (unpaired) electrons. The van der Waals surface area contributed by atoms with Gasteiger partial charge in [0.15, 0.2) is 0 Å². The molecule has 0 aliphatic rings. The van der Waals surface area contributed by atoms with Crippen LogP contribution in [-0.4, -0.2) is 20.9 Å². The summed E-state index contributed by atoms with van der Waals surface area (Å²) in [5.74, 6) is 0.729. The molecule has 1 N–H and O–H groups in total. The number of benzene rings is 2. The highest BCUT2D eigenvalue weighted by Crippen LogP contribution is 2.23. The minimum absolute atomic E-state index is 0.296. The van der Waals surface area contributed by atoms with Gasteiger partial charge in [0.05, 0.1) is 6.20 Å². The van der Waals surface area contributed by atoms with Gasteiger partial charge in [-0.15, -0.1) is 0 Å². The van der Waals surface area contributed by atoms with Crippen LogP contribution < -0.4 is 10.1 Å². The zero-order valence-electron chi connectivity index (χ0n) is 14.4. The van der Waals surface area contributed by atoms with E-state index in [-0.39, 0.29) is 5.91 Å². The molecule has 0 atom stereocenters. The molecule has 28 heavy (non-hydrogen) atoms. The molecule has 1 amide bonds. The Kier molecular flexibility index (Phi) is 4.75. The van der Waals surface area contributed by atoms with Crippen molar-refractivity contribution in [2.45, 2.75) is 0 Å². The molecule has 0 bridgehead atoms. The largest absolute Gasteiger partial charge is 0.442 e. The Bertz CT molecular complexity index is 1080. The van der Waals surface area contributed by atoms with E-state index in [2.05, 4.69) is 20.3 Å². The molecular formula is C20H13FN4O3. The first kappa shape index (κ1) is 17.3. The van der Waals surface area contributed by atoms with Gasteiger partial charge in [-0.3, -0.25) is 4.79 Å². The summed E-state index contributed by atoms with van der Waals surface area (Å²) in [6.07, 6.45) is 4.48. The number of hydrogen-bond acceptors (Lipinski definition) is 6. The van der Waals surface area contributed by atoms with Gasteiger partial charge in [-0.05, 0) is 48.5 Å². The van der Waals surface area contributed by atoms with Crippen LogP contribution in [0.15, 0.2) is 77.7 Å². The fraction of sp³-hybridized carbons (Fsp3) is 0. The van der Waals surface area contributed by atoms with Crippen LogP contribution >= 0.6 is 0 Å². The van der Waals surface area contributed by atoms with Crippen LogP contribution in [0.3, 0.4) is 0 Å². The molecule has 2 aromatic heterocycles. The first-order valence-electron chi connectivity index (χ1n) is 8.25. The Labute approximate surface area is 158 Å². The van der Waals surface area contributed by atoms with Crippen molar-refractivity contribution in [2.24, 2.45) is 0 Å². The number of ether oxygens (including phenoxy) is 1. The van der Waals surface area contributed by atoms with Crippen molar-refractivity contribution in [3.63, 3.8) is 0 Å². The lowest BCUT2D eigenvalue weighted by atomic mass is 10.2. The van der Waals surface area contributed by atoms with E-state index in [1.54, 1.807) is 36.5 Å². The molecule has 0 spiro atoms. The lowest BCUT2D eigenvalue weighted by molar-refractivity contribution is 0.102. The summed E-state index contributed by atoms with van der Waals surface area (Å²) in [4.78, 5) is 24.5. The van der Waals surface area contributed by atoms with Gasteiger partial charge < -0.3 is 14.5 Å². The highest BCUT2D eigenvalue weighted by Gasteiger charge is 2.09. The summed E-state index contributed by atoms with van der Waals surface area (Å²) in [6.45, 7) is 0. The smallest absolute Gasteiger partial charge is 0.264 e. The fourth-order valence-electron chi connectivity index (χ4n) is 2.37. The van der Waals surface area contributed by atoms with Gasteiger partial charge in [0.25, 0.3) is 11.8 Å². The zero-order valence-corrected chi connectivity index (χ0v) is 14.4. The molecule has 0 aliphatic heterocycles. The van der Waals surface area contributed by atoms with Crippen LogP contribution in [-0.2, 0) is 0 Å². The molecular weight excluding hydrogens is 363 g/mol. The molecule has 8 heteroatoms. The fourth-order valence-corrected chi connectivity index (χ4v) is 2.37. The number of amides is 1. The predicted molar refractivity (Wildman–Crippen MR) is 98.4 cm³/mol. The van der Waals surface area contributed by atoms with E-state index in [0.29, 0.717) is 34.6 Å². The molecule has 4 rings (SSSR count). The van der Waals surface area contributed by atoms with E-state index in [9.17, 15) is 9.18 Å². The molecule has 4 aromatic rings. The van der Waals surface area contributed by atoms with Gasteiger partial charge >= 0.3 is 0 Å². The van der Waals surface area contributed by atoms with E-state index in [1.165, 1.54) is 36.7 Å². The average molecular weight is 376 g/mol. The molecule has 0 aliphatic carbocycles. The van der Waals surface area contributed by atoms with E-state index in [0.717, 1.165) is 0 Å². The second kappa shape index (κ2) is 7.67. The number of hydrogen-bond donors (Lipinski definition) is 1. The Morgan fingerprint density at radius 1 is 0.964 bits per heavy atom. The molecule has 0 saturated carbocycles. The second-order valence-corrected chi connectivity index (χ2v) is 5.64. The summed E-state index contributed by atoms with van der Waals surface area (Å²) < 4.78 is 23.8. The van der Waals surface area contributed by atoms with Gasteiger partial charge in [0, 0.05) is 23.5 Å². The van der Waals surface area contributed by atoms with Gasteiger partial charge in [0.1, 0.15) is 17.8 Å². The van der Waals surface area contributed by atoms with Crippen molar-refractivity contribution >= 4 is 11.6 Å². The molecule has 0 unspecified atom stereocenters. The first-order chi connectivity index (χ1) is 13.7. The van der Waals surface area contributed by atoms with Gasteiger partial charge in [-0.2, -0.15) is 4.98 Å². The van der Waals surface area contributed by atoms with Crippen LogP contribution in [0.5, 0.6) is 11.6 Å². The SMILES string of the molecule is O=C(Nc1ccc(Oc2ccnc(-c3ncco3)n2)cc1)c1ccc(F)cc1. The quantitative estimate of drug-likeness (QED) is 0.558. The molecule has 2 aromatic carbocycles. The van der Waals surface area contributed by atoms with E-state index in [4.69, 9.17) is 9.15 Å². The van der Waals surface area contributed by atoms with Crippen molar-refractivity contribution < 1.29 is 18.3 Å².